The van der Waals surface area contributed by atoms with Gasteiger partial charge in [-0.3, -0.25) is 14.0 Å². The number of amides is 1. The van der Waals surface area contributed by atoms with Crippen LogP contribution < -0.4 is 5.56 Å². The van der Waals surface area contributed by atoms with Crippen molar-refractivity contribution in [2.75, 3.05) is 14.1 Å². The summed E-state index contributed by atoms with van der Waals surface area (Å²) in [5.41, 5.74) is 1.37. The lowest BCUT2D eigenvalue weighted by Crippen LogP contribution is -2.34. The van der Waals surface area contributed by atoms with Crippen LogP contribution in [0.1, 0.15) is 17.6 Å². The van der Waals surface area contributed by atoms with E-state index in [0.717, 1.165) is 16.0 Å². The average molecular weight is 318 g/mol. The first-order valence-corrected chi connectivity index (χ1v) is 7.95. The number of nitrogens with zero attached hydrogens (tertiary/aromatic N) is 4. The molecule has 1 amide bonds. The minimum Gasteiger partial charge on any atom is -0.347 e. The van der Waals surface area contributed by atoms with Gasteiger partial charge in [-0.2, -0.15) is 5.10 Å². The molecule has 0 saturated heterocycles. The smallest absolute Gasteiger partial charge is 0.291 e. The monoisotopic (exact) mass is 318 g/mol. The number of rotatable bonds is 3. The van der Waals surface area contributed by atoms with Gasteiger partial charge in [0, 0.05) is 25.4 Å². The predicted molar refractivity (Wildman–Crippen MR) is 87.6 cm³/mol. The van der Waals surface area contributed by atoms with Crippen LogP contribution in [0.25, 0.3) is 15.7 Å². The number of hydrogen-bond acceptors (Lipinski definition) is 4. The predicted octanol–water partition coefficient (Wildman–Crippen LogP) is 1.67. The molecule has 7 heteroatoms. The molecule has 0 aliphatic heterocycles. The molecular weight excluding hydrogens is 300 g/mol. The van der Waals surface area contributed by atoms with Crippen molar-refractivity contribution in [1.82, 2.24) is 19.1 Å². The summed E-state index contributed by atoms with van der Waals surface area (Å²) in [6, 6.07) is 3.97. The summed E-state index contributed by atoms with van der Waals surface area (Å²) in [5.74, 6) is 0.638. The number of likely N-dealkylation sites (N-methyl/N-ethyl adjacent to an activating group) is 1. The molecule has 0 bridgehead atoms. The topological polar surface area (TPSA) is 59.6 Å². The zero-order valence-corrected chi connectivity index (χ0v) is 13.9. The van der Waals surface area contributed by atoms with E-state index in [-0.39, 0.29) is 18.0 Å². The fraction of sp³-hybridized carbons (Fsp3) is 0.400. The van der Waals surface area contributed by atoms with Gasteiger partial charge in [-0.05, 0) is 19.1 Å². The normalized spacial score (nSPS) is 11.5. The molecule has 0 spiro atoms. The summed E-state index contributed by atoms with van der Waals surface area (Å²) in [4.78, 5) is 27.2. The summed E-state index contributed by atoms with van der Waals surface area (Å²) < 4.78 is 4.26. The fourth-order valence-electron chi connectivity index (χ4n) is 2.52. The second-order valence-electron chi connectivity index (χ2n) is 5.49. The molecule has 0 aliphatic carbocycles. The van der Waals surface area contributed by atoms with Crippen LogP contribution in [0.15, 0.2) is 16.9 Å². The van der Waals surface area contributed by atoms with Crippen LogP contribution >= 0.6 is 11.3 Å². The zero-order chi connectivity index (χ0) is 16.0. The summed E-state index contributed by atoms with van der Waals surface area (Å²) in [6.07, 6.45) is 0.686. The van der Waals surface area contributed by atoms with Gasteiger partial charge in [0.2, 0.25) is 5.91 Å². The first kappa shape index (κ1) is 14.8. The molecule has 0 unspecified atom stereocenters. The lowest BCUT2D eigenvalue weighted by Gasteiger charge is -2.13. The largest absolute Gasteiger partial charge is 0.347 e. The quantitative estimate of drug-likeness (QED) is 0.738. The van der Waals surface area contributed by atoms with Crippen molar-refractivity contribution in [1.29, 1.82) is 0 Å². The molecule has 0 aliphatic rings. The highest BCUT2D eigenvalue weighted by Gasteiger charge is 2.16. The first-order chi connectivity index (χ1) is 10.4. The van der Waals surface area contributed by atoms with Crippen LogP contribution in [0.2, 0.25) is 0 Å². The highest BCUT2D eigenvalue weighted by Crippen LogP contribution is 2.28. The number of aromatic nitrogens is 3. The van der Waals surface area contributed by atoms with Crippen LogP contribution in [0.3, 0.4) is 0 Å². The molecule has 3 rings (SSSR count). The Morgan fingerprint density at radius 2 is 2.05 bits per heavy atom. The summed E-state index contributed by atoms with van der Waals surface area (Å²) in [6.45, 7) is 4.01. The maximum absolute atomic E-state index is 12.6. The molecular formula is C15H18N4O2S. The van der Waals surface area contributed by atoms with Gasteiger partial charge in [0.1, 0.15) is 17.9 Å². The van der Waals surface area contributed by atoms with Crippen LogP contribution in [0.4, 0.5) is 0 Å². The Labute approximate surface area is 131 Å². The van der Waals surface area contributed by atoms with E-state index >= 15 is 0 Å². The number of hydrogen-bond donors (Lipinski definition) is 0. The molecule has 0 atom stereocenters. The third kappa shape index (κ3) is 2.21. The van der Waals surface area contributed by atoms with E-state index in [1.165, 1.54) is 14.5 Å². The molecule has 0 N–H and O–H groups in total. The Morgan fingerprint density at radius 3 is 2.68 bits per heavy atom. The third-order valence-corrected chi connectivity index (χ3v) is 4.65. The van der Waals surface area contributed by atoms with Crippen molar-refractivity contribution in [2.45, 2.75) is 26.8 Å². The van der Waals surface area contributed by atoms with E-state index in [1.807, 2.05) is 24.3 Å². The maximum Gasteiger partial charge on any atom is 0.291 e. The number of carbonyl (C=O) groups excluding carboxylic acids is 1. The number of carbonyl (C=O) groups is 1. The highest BCUT2D eigenvalue weighted by atomic mass is 32.1. The molecule has 0 aromatic carbocycles. The summed E-state index contributed by atoms with van der Waals surface area (Å²) >= 11 is 1.66. The van der Waals surface area contributed by atoms with E-state index in [2.05, 4.69) is 11.2 Å². The Balaban J connectivity index is 2.27. The van der Waals surface area contributed by atoms with E-state index in [9.17, 15) is 9.59 Å². The van der Waals surface area contributed by atoms with E-state index < -0.39 is 0 Å². The Bertz CT molecular complexity index is 932. The number of fused-ring (bicyclic) bond motifs is 3. The summed E-state index contributed by atoms with van der Waals surface area (Å²) in [7, 11) is 3.34. The van der Waals surface area contributed by atoms with Crippen molar-refractivity contribution >= 4 is 33.0 Å². The molecule has 6 nitrogen and oxygen atoms in total. The van der Waals surface area contributed by atoms with Crippen molar-refractivity contribution in [3.05, 3.63) is 33.2 Å². The van der Waals surface area contributed by atoms with E-state index in [1.54, 1.807) is 25.4 Å². The molecule has 22 heavy (non-hydrogen) atoms. The average Bonchev–Trinajstić information content (AvgIpc) is 2.98. The molecule has 0 radical (unpaired) electrons. The van der Waals surface area contributed by atoms with Gasteiger partial charge in [-0.15, -0.1) is 11.3 Å². The maximum atomic E-state index is 12.6. The molecule has 3 aromatic heterocycles. The van der Waals surface area contributed by atoms with Gasteiger partial charge in [0.25, 0.3) is 5.56 Å². The second-order valence-corrected chi connectivity index (χ2v) is 6.78. The molecule has 116 valence electrons. The first-order valence-electron chi connectivity index (χ1n) is 7.14. The van der Waals surface area contributed by atoms with Crippen molar-refractivity contribution in [2.24, 2.45) is 0 Å². The van der Waals surface area contributed by atoms with Crippen molar-refractivity contribution < 1.29 is 4.79 Å². The molecule has 0 saturated carbocycles. The lowest BCUT2D eigenvalue weighted by molar-refractivity contribution is -0.129. The van der Waals surface area contributed by atoms with Crippen LogP contribution in [0, 0.1) is 6.92 Å². The summed E-state index contributed by atoms with van der Waals surface area (Å²) in [5, 5.41) is 4.40. The number of thiophene rings is 1. The van der Waals surface area contributed by atoms with Gasteiger partial charge in [-0.25, -0.2) is 4.68 Å². The Hall–Kier alpha value is -2.15. The van der Waals surface area contributed by atoms with Crippen LogP contribution in [0.5, 0.6) is 0 Å². The van der Waals surface area contributed by atoms with Crippen molar-refractivity contribution in [3.63, 3.8) is 0 Å². The SMILES string of the molecule is CCc1nn(CC(=O)N(C)C)c(=O)c2cc3sc(C)cc3n12. The Morgan fingerprint density at radius 1 is 1.32 bits per heavy atom. The van der Waals surface area contributed by atoms with Gasteiger partial charge in [0.15, 0.2) is 0 Å². The van der Waals surface area contributed by atoms with Gasteiger partial charge < -0.3 is 4.90 Å². The fourth-order valence-corrected chi connectivity index (χ4v) is 3.46. The van der Waals surface area contributed by atoms with Crippen LogP contribution in [-0.2, 0) is 17.8 Å². The molecule has 3 heterocycles. The minimum atomic E-state index is -0.228. The van der Waals surface area contributed by atoms with Crippen LogP contribution in [-0.4, -0.2) is 39.1 Å². The molecule has 0 fully saturated rings. The minimum absolute atomic E-state index is 0.0345. The Kier molecular flexibility index (Phi) is 3.52. The highest BCUT2D eigenvalue weighted by molar-refractivity contribution is 7.19. The van der Waals surface area contributed by atoms with Gasteiger partial charge >= 0.3 is 0 Å². The molecule has 3 aromatic rings. The number of aryl methyl sites for hydroxylation is 2. The van der Waals surface area contributed by atoms with E-state index in [0.29, 0.717) is 11.9 Å². The standard InChI is InChI=1S/C15H18N4O2S/c1-5-13-16-18(8-14(20)17(3)4)15(21)11-7-12-10(19(11)13)6-9(2)22-12/h6-7H,5,8H2,1-4H3. The van der Waals surface area contributed by atoms with E-state index in [4.69, 9.17) is 0 Å². The second kappa shape index (κ2) is 5.24. The van der Waals surface area contributed by atoms with Crippen molar-refractivity contribution in [3.8, 4) is 0 Å². The zero-order valence-electron chi connectivity index (χ0n) is 13.1. The van der Waals surface area contributed by atoms with Gasteiger partial charge in [-0.1, -0.05) is 6.92 Å². The lowest BCUT2D eigenvalue weighted by atomic mass is 10.4. The van der Waals surface area contributed by atoms with Gasteiger partial charge in [0.05, 0.1) is 10.2 Å². The third-order valence-electron chi connectivity index (χ3n) is 3.66.